The molecule has 3 aromatic rings. The van der Waals surface area contributed by atoms with Crippen molar-refractivity contribution < 1.29 is 9.90 Å². The van der Waals surface area contributed by atoms with Crippen LogP contribution < -0.4 is 5.56 Å². The SMILES string of the molecule is O=C(O)c1ccc2c(=O)n(Cc3cccc(Cl)c3)c(=S)[nH]c2c1. The largest absolute Gasteiger partial charge is 0.478 e. The summed E-state index contributed by atoms with van der Waals surface area (Å²) >= 11 is 11.2. The molecule has 5 nitrogen and oxygen atoms in total. The van der Waals surface area contributed by atoms with E-state index in [4.69, 9.17) is 28.9 Å². The van der Waals surface area contributed by atoms with Gasteiger partial charge in [0, 0.05) is 5.02 Å². The molecule has 23 heavy (non-hydrogen) atoms. The van der Waals surface area contributed by atoms with Crippen molar-refractivity contribution in [3.8, 4) is 0 Å². The third-order valence-corrected chi connectivity index (χ3v) is 4.02. The van der Waals surface area contributed by atoms with Crippen LogP contribution in [0.3, 0.4) is 0 Å². The first kappa shape index (κ1) is 15.5. The van der Waals surface area contributed by atoms with Crippen LogP contribution in [0.5, 0.6) is 0 Å². The molecule has 2 aromatic carbocycles. The van der Waals surface area contributed by atoms with E-state index in [9.17, 15) is 9.59 Å². The molecular weight excluding hydrogens is 336 g/mol. The third-order valence-electron chi connectivity index (χ3n) is 3.46. The molecule has 116 valence electrons. The number of nitrogens with one attached hydrogen (secondary N) is 1. The zero-order valence-corrected chi connectivity index (χ0v) is 13.3. The number of fused-ring (bicyclic) bond motifs is 1. The fourth-order valence-corrected chi connectivity index (χ4v) is 2.82. The summed E-state index contributed by atoms with van der Waals surface area (Å²) in [6, 6.07) is 11.5. The molecule has 0 bridgehead atoms. The Morgan fingerprint density at radius 3 is 2.74 bits per heavy atom. The predicted octanol–water partition coefficient (Wildman–Crippen LogP) is 3.46. The first-order chi connectivity index (χ1) is 11.0. The van der Waals surface area contributed by atoms with Crippen LogP contribution in [0.15, 0.2) is 47.3 Å². The summed E-state index contributed by atoms with van der Waals surface area (Å²) in [5, 5.41) is 9.98. The predicted molar refractivity (Wildman–Crippen MR) is 90.9 cm³/mol. The fourth-order valence-electron chi connectivity index (χ4n) is 2.35. The standard InChI is InChI=1S/C16H11ClN2O3S/c17-11-3-1-2-9(6-11)8-19-14(20)12-5-4-10(15(21)22)7-13(12)18-16(19)23/h1-7H,8H2,(H,18,23)(H,21,22). The van der Waals surface area contributed by atoms with E-state index in [1.807, 2.05) is 6.07 Å². The van der Waals surface area contributed by atoms with Gasteiger partial charge in [0.1, 0.15) is 0 Å². The molecule has 0 spiro atoms. The molecule has 0 amide bonds. The molecule has 1 heterocycles. The highest BCUT2D eigenvalue weighted by Gasteiger charge is 2.10. The number of carboxylic acid groups (broad SMARTS) is 1. The summed E-state index contributed by atoms with van der Waals surface area (Å²) in [6.45, 7) is 0.283. The summed E-state index contributed by atoms with van der Waals surface area (Å²) in [4.78, 5) is 26.5. The summed E-state index contributed by atoms with van der Waals surface area (Å²) < 4.78 is 1.65. The van der Waals surface area contributed by atoms with Crippen molar-refractivity contribution in [2.45, 2.75) is 6.54 Å². The molecule has 2 N–H and O–H groups in total. The van der Waals surface area contributed by atoms with Crippen LogP contribution in [0.25, 0.3) is 10.9 Å². The molecule has 0 fully saturated rings. The maximum absolute atomic E-state index is 12.6. The Kier molecular flexibility index (Phi) is 4.02. The van der Waals surface area contributed by atoms with Crippen LogP contribution in [-0.2, 0) is 6.54 Å². The lowest BCUT2D eigenvalue weighted by atomic mass is 10.1. The molecular formula is C16H11ClN2O3S. The highest BCUT2D eigenvalue weighted by molar-refractivity contribution is 7.71. The summed E-state index contributed by atoms with van der Waals surface area (Å²) in [5.74, 6) is -1.06. The molecule has 0 atom stereocenters. The molecule has 7 heteroatoms. The van der Waals surface area contributed by atoms with Crippen LogP contribution in [0, 0.1) is 4.77 Å². The second kappa shape index (κ2) is 5.98. The first-order valence-corrected chi connectivity index (χ1v) is 7.49. The average molecular weight is 347 g/mol. The highest BCUT2D eigenvalue weighted by Crippen LogP contribution is 2.14. The number of hydrogen-bond donors (Lipinski definition) is 2. The molecule has 0 saturated carbocycles. The lowest BCUT2D eigenvalue weighted by molar-refractivity contribution is 0.0697. The minimum Gasteiger partial charge on any atom is -0.478 e. The van der Waals surface area contributed by atoms with Gasteiger partial charge in [0.05, 0.1) is 23.0 Å². The minimum absolute atomic E-state index is 0.0927. The van der Waals surface area contributed by atoms with Crippen LogP contribution in [0.1, 0.15) is 15.9 Å². The molecule has 0 aliphatic rings. The molecule has 1 aromatic heterocycles. The summed E-state index contributed by atoms with van der Waals surface area (Å²) in [6.07, 6.45) is 0. The monoisotopic (exact) mass is 346 g/mol. The lowest BCUT2D eigenvalue weighted by Gasteiger charge is -2.09. The maximum Gasteiger partial charge on any atom is 0.335 e. The van der Waals surface area contributed by atoms with E-state index >= 15 is 0 Å². The van der Waals surface area contributed by atoms with Gasteiger partial charge in [0.25, 0.3) is 5.56 Å². The molecule has 3 rings (SSSR count). The number of H-pyrrole nitrogens is 1. The van der Waals surface area contributed by atoms with Gasteiger partial charge >= 0.3 is 5.97 Å². The van der Waals surface area contributed by atoms with E-state index in [1.54, 1.807) is 18.2 Å². The van der Waals surface area contributed by atoms with Crippen molar-refractivity contribution in [2.75, 3.05) is 0 Å². The fraction of sp³-hybridized carbons (Fsp3) is 0.0625. The smallest absolute Gasteiger partial charge is 0.335 e. The van der Waals surface area contributed by atoms with Gasteiger partial charge < -0.3 is 10.1 Å². The number of aromatic nitrogens is 2. The van der Waals surface area contributed by atoms with Crippen molar-refractivity contribution in [3.63, 3.8) is 0 Å². The first-order valence-electron chi connectivity index (χ1n) is 6.70. The minimum atomic E-state index is -1.06. The van der Waals surface area contributed by atoms with E-state index in [0.29, 0.717) is 15.9 Å². The summed E-state index contributed by atoms with van der Waals surface area (Å²) in [7, 11) is 0. The normalized spacial score (nSPS) is 10.8. The Balaban J connectivity index is 2.15. The zero-order chi connectivity index (χ0) is 16.6. The molecule has 0 aliphatic heterocycles. The third kappa shape index (κ3) is 3.04. The van der Waals surface area contributed by atoms with Crippen molar-refractivity contribution in [3.05, 3.63) is 73.7 Å². The van der Waals surface area contributed by atoms with Gasteiger partial charge in [-0.2, -0.15) is 0 Å². The Morgan fingerprint density at radius 1 is 1.26 bits per heavy atom. The Hall–Kier alpha value is -2.44. The second-order valence-electron chi connectivity index (χ2n) is 5.02. The van der Waals surface area contributed by atoms with Gasteiger partial charge in [-0.05, 0) is 48.1 Å². The number of benzene rings is 2. The Morgan fingerprint density at radius 2 is 2.04 bits per heavy atom. The van der Waals surface area contributed by atoms with Crippen molar-refractivity contribution in [2.24, 2.45) is 0 Å². The highest BCUT2D eigenvalue weighted by atomic mass is 35.5. The van der Waals surface area contributed by atoms with Gasteiger partial charge in [-0.25, -0.2) is 4.79 Å². The number of rotatable bonds is 3. The quantitative estimate of drug-likeness (QED) is 0.712. The number of carbonyl (C=O) groups is 1. The van der Waals surface area contributed by atoms with E-state index in [0.717, 1.165) is 5.56 Å². The Labute approximate surface area is 140 Å². The second-order valence-corrected chi connectivity index (χ2v) is 5.84. The van der Waals surface area contributed by atoms with Gasteiger partial charge in [-0.3, -0.25) is 9.36 Å². The maximum atomic E-state index is 12.6. The van der Waals surface area contributed by atoms with Crippen LogP contribution >= 0.6 is 23.8 Å². The van der Waals surface area contributed by atoms with Gasteiger partial charge in [-0.15, -0.1) is 0 Å². The van der Waals surface area contributed by atoms with E-state index in [-0.39, 0.29) is 22.4 Å². The number of hydrogen-bond acceptors (Lipinski definition) is 3. The van der Waals surface area contributed by atoms with E-state index in [1.165, 1.54) is 22.8 Å². The molecule has 0 aliphatic carbocycles. The van der Waals surface area contributed by atoms with Gasteiger partial charge in [0.2, 0.25) is 0 Å². The number of aromatic carboxylic acids is 1. The lowest BCUT2D eigenvalue weighted by Crippen LogP contribution is -2.23. The molecule has 0 radical (unpaired) electrons. The number of aromatic amines is 1. The number of carboxylic acids is 1. The average Bonchev–Trinajstić information content (AvgIpc) is 2.51. The zero-order valence-electron chi connectivity index (χ0n) is 11.7. The van der Waals surface area contributed by atoms with Crippen molar-refractivity contribution >= 4 is 40.7 Å². The Bertz CT molecular complexity index is 1040. The molecule has 0 saturated heterocycles. The van der Waals surface area contributed by atoms with Crippen molar-refractivity contribution in [1.29, 1.82) is 0 Å². The number of nitrogens with zero attached hydrogens (tertiary/aromatic N) is 1. The van der Waals surface area contributed by atoms with E-state index in [2.05, 4.69) is 4.98 Å². The van der Waals surface area contributed by atoms with Crippen molar-refractivity contribution in [1.82, 2.24) is 9.55 Å². The van der Waals surface area contributed by atoms with Gasteiger partial charge in [-0.1, -0.05) is 23.7 Å². The topological polar surface area (TPSA) is 75.1 Å². The number of halogens is 1. The molecule has 0 unspecified atom stereocenters. The van der Waals surface area contributed by atoms with Gasteiger partial charge in [0.15, 0.2) is 4.77 Å². The van der Waals surface area contributed by atoms with Crippen LogP contribution in [0.2, 0.25) is 5.02 Å². The summed E-state index contributed by atoms with van der Waals surface area (Å²) in [5.41, 5.74) is 1.07. The van der Waals surface area contributed by atoms with E-state index < -0.39 is 5.97 Å². The van der Waals surface area contributed by atoms with Crippen LogP contribution in [-0.4, -0.2) is 20.6 Å². The van der Waals surface area contributed by atoms with Crippen LogP contribution in [0.4, 0.5) is 0 Å².